The van der Waals surface area contributed by atoms with Crippen molar-refractivity contribution in [2.75, 3.05) is 42.1 Å². The van der Waals surface area contributed by atoms with Crippen LogP contribution in [0.4, 0.5) is 36.3 Å². The molecule has 180 valence electrons. The SMILES string of the molecule is Nc1cc2cnc(Nc3cc(C(F)(F)F)c(N4CCNCC4)cn3)nc2n(C2CCCC2)c1=O. The lowest BCUT2D eigenvalue weighted by Crippen LogP contribution is -2.44. The van der Waals surface area contributed by atoms with E-state index < -0.39 is 11.7 Å². The van der Waals surface area contributed by atoms with Gasteiger partial charge in [0.25, 0.3) is 5.56 Å². The number of nitrogens with zero attached hydrogens (tertiary/aromatic N) is 5. The molecule has 0 amide bonds. The van der Waals surface area contributed by atoms with Crippen LogP contribution in [0.15, 0.2) is 29.3 Å². The van der Waals surface area contributed by atoms with E-state index in [9.17, 15) is 18.0 Å². The molecule has 12 heteroatoms. The van der Waals surface area contributed by atoms with Gasteiger partial charge in [0, 0.05) is 43.8 Å². The van der Waals surface area contributed by atoms with Gasteiger partial charge in [0.15, 0.2) is 0 Å². The van der Waals surface area contributed by atoms with Crippen LogP contribution in [0.2, 0.25) is 0 Å². The molecule has 3 aromatic heterocycles. The lowest BCUT2D eigenvalue weighted by Gasteiger charge is -2.31. The number of hydrogen-bond acceptors (Lipinski definition) is 8. The van der Waals surface area contributed by atoms with Crippen LogP contribution in [-0.4, -0.2) is 45.7 Å². The fourth-order valence-corrected chi connectivity index (χ4v) is 4.72. The number of pyridine rings is 2. The number of fused-ring (bicyclic) bond motifs is 1. The first-order valence-electron chi connectivity index (χ1n) is 11.3. The molecule has 0 spiro atoms. The molecule has 1 saturated carbocycles. The van der Waals surface area contributed by atoms with Gasteiger partial charge in [-0.15, -0.1) is 0 Å². The van der Waals surface area contributed by atoms with Gasteiger partial charge in [-0.2, -0.15) is 18.2 Å². The molecule has 0 radical (unpaired) electrons. The minimum Gasteiger partial charge on any atom is -0.394 e. The number of nitrogens with one attached hydrogen (secondary N) is 2. The Bertz CT molecular complexity index is 1260. The molecule has 2 fully saturated rings. The Hall–Kier alpha value is -3.41. The van der Waals surface area contributed by atoms with Crippen molar-refractivity contribution in [2.45, 2.75) is 37.9 Å². The standard InChI is InChI=1S/C22H25F3N8O/c23-22(24,25)15-10-18(28-12-17(15)32-7-5-27-6-8-32)30-21-29-11-13-9-16(26)20(34)33(19(13)31-21)14-3-1-2-4-14/h9-12,14,27H,1-8,26H2,(H,28,29,30,31). The minimum atomic E-state index is -4.55. The Morgan fingerprint density at radius 2 is 1.82 bits per heavy atom. The van der Waals surface area contributed by atoms with Crippen LogP contribution in [-0.2, 0) is 6.18 Å². The van der Waals surface area contributed by atoms with Crippen LogP contribution in [0.5, 0.6) is 0 Å². The number of alkyl halides is 3. The first kappa shape index (κ1) is 22.4. The fourth-order valence-electron chi connectivity index (χ4n) is 4.72. The van der Waals surface area contributed by atoms with Gasteiger partial charge in [-0.1, -0.05) is 12.8 Å². The van der Waals surface area contributed by atoms with Crippen molar-refractivity contribution >= 4 is 34.2 Å². The van der Waals surface area contributed by atoms with Crippen molar-refractivity contribution in [1.82, 2.24) is 24.8 Å². The first-order chi connectivity index (χ1) is 16.3. The highest BCUT2D eigenvalue weighted by atomic mass is 19.4. The smallest absolute Gasteiger partial charge is 0.394 e. The van der Waals surface area contributed by atoms with Gasteiger partial charge in [-0.3, -0.25) is 9.36 Å². The van der Waals surface area contributed by atoms with Crippen molar-refractivity contribution in [1.29, 1.82) is 0 Å². The largest absolute Gasteiger partial charge is 0.418 e. The third-order valence-corrected chi connectivity index (χ3v) is 6.38. The van der Waals surface area contributed by atoms with Gasteiger partial charge in [-0.25, -0.2) is 9.97 Å². The van der Waals surface area contributed by atoms with E-state index in [1.165, 1.54) is 18.5 Å². The molecule has 1 aliphatic carbocycles. The summed E-state index contributed by atoms with van der Waals surface area (Å²) in [6.45, 7) is 2.14. The maximum absolute atomic E-state index is 13.9. The minimum absolute atomic E-state index is 0.0190. The average molecular weight is 474 g/mol. The van der Waals surface area contributed by atoms with E-state index in [2.05, 4.69) is 25.6 Å². The number of aromatic nitrogens is 4. The van der Waals surface area contributed by atoms with E-state index in [0.29, 0.717) is 37.2 Å². The summed E-state index contributed by atoms with van der Waals surface area (Å²) in [7, 11) is 0. The van der Waals surface area contributed by atoms with E-state index in [-0.39, 0.29) is 34.7 Å². The van der Waals surface area contributed by atoms with Gasteiger partial charge in [0.2, 0.25) is 5.95 Å². The molecule has 5 rings (SSSR count). The van der Waals surface area contributed by atoms with Crippen LogP contribution in [0, 0.1) is 0 Å². The fraction of sp³-hybridized carbons (Fsp3) is 0.455. The Morgan fingerprint density at radius 1 is 1.09 bits per heavy atom. The highest BCUT2D eigenvalue weighted by Gasteiger charge is 2.36. The molecule has 2 aliphatic rings. The van der Waals surface area contributed by atoms with E-state index in [0.717, 1.165) is 31.7 Å². The second-order valence-electron chi connectivity index (χ2n) is 8.63. The molecule has 0 atom stereocenters. The van der Waals surface area contributed by atoms with Crippen molar-refractivity contribution in [3.63, 3.8) is 0 Å². The molecule has 1 aliphatic heterocycles. The molecule has 0 bridgehead atoms. The summed E-state index contributed by atoms with van der Waals surface area (Å²) in [5.41, 5.74) is 5.39. The number of nitrogens with two attached hydrogens (primary N) is 1. The Balaban J connectivity index is 1.52. The van der Waals surface area contributed by atoms with Gasteiger partial charge < -0.3 is 21.3 Å². The molecular weight excluding hydrogens is 449 g/mol. The topological polar surface area (TPSA) is 114 Å². The maximum atomic E-state index is 13.9. The van der Waals surface area contributed by atoms with E-state index in [4.69, 9.17) is 5.73 Å². The van der Waals surface area contributed by atoms with Crippen molar-refractivity contribution < 1.29 is 13.2 Å². The summed E-state index contributed by atoms with van der Waals surface area (Å²) in [5.74, 6) is 0.0229. The zero-order valence-electron chi connectivity index (χ0n) is 18.4. The molecule has 4 heterocycles. The number of nitrogen functional groups attached to an aromatic ring is 1. The highest BCUT2D eigenvalue weighted by molar-refractivity contribution is 5.79. The second-order valence-corrected chi connectivity index (χ2v) is 8.63. The van der Waals surface area contributed by atoms with Crippen LogP contribution < -0.4 is 26.8 Å². The van der Waals surface area contributed by atoms with E-state index >= 15 is 0 Å². The summed E-state index contributed by atoms with van der Waals surface area (Å²) < 4.78 is 43.2. The van der Waals surface area contributed by atoms with Crippen LogP contribution in [0.3, 0.4) is 0 Å². The van der Waals surface area contributed by atoms with Gasteiger partial charge in [-0.05, 0) is 25.0 Å². The predicted octanol–water partition coefficient (Wildman–Crippen LogP) is 3.06. The number of piperazine rings is 1. The highest BCUT2D eigenvalue weighted by Crippen LogP contribution is 2.38. The summed E-state index contributed by atoms with van der Waals surface area (Å²) in [5, 5.41) is 6.50. The number of rotatable bonds is 4. The van der Waals surface area contributed by atoms with Crippen molar-refractivity contribution in [2.24, 2.45) is 0 Å². The van der Waals surface area contributed by atoms with E-state index in [1.54, 1.807) is 9.47 Å². The average Bonchev–Trinajstić information content (AvgIpc) is 3.35. The molecule has 1 saturated heterocycles. The van der Waals surface area contributed by atoms with E-state index in [1.807, 2.05) is 0 Å². The molecule has 9 nitrogen and oxygen atoms in total. The molecule has 4 N–H and O–H groups in total. The van der Waals surface area contributed by atoms with Crippen LogP contribution in [0.25, 0.3) is 11.0 Å². The normalized spacial score (nSPS) is 17.4. The number of hydrogen-bond donors (Lipinski definition) is 3. The first-order valence-corrected chi connectivity index (χ1v) is 11.3. The summed E-state index contributed by atoms with van der Waals surface area (Å²) >= 11 is 0. The maximum Gasteiger partial charge on any atom is 0.418 e. The van der Waals surface area contributed by atoms with Gasteiger partial charge >= 0.3 is 6.18 Å². The molecule has 0 unspecified atom stereocenters. The monoisotopic (exact) mass is 474 g/mol. The Morgan fingerprint density at radius 3 is 2.53 bits per heavy atom. The second kappa shape index (κ2) is 8.75. The van der Waals surface area contributed by atoms with Gasteiger partial charge in [0.05, 0.1) is 23.1 Å². The van der Waals surface area contributed by atoms with Crippen molar-refractivity contribution in [3.05, 3.63) is 40.4 Å². The quantitative estimate of drug-likeness (QED) is 0.529. The zero-order valence-corrected chi connectivity index (χ0v) is 18.4. The molecule has 0 aromatic carbocycles. The molecular formula is C22H25F3N8O. The number of anilines is 4. The Kier molecular flexibility index (Phi) is 5.76. The third kappa shape index (κ3) is 4.25. The lowest BCUT2D eigenvalue weighted by molar-refractivity contribution is -0.137. The predicted molar refractivity (Wildman–Crippen MR) is 123 cm³/mol. The lowest BCUT2D eigenvalue weighted by atomic mass is 10.1. The third-order valence-electron chi connectivity index (χ3n) is 6.38. The van der Waals surface area contributed by atoms with Crippen LogP contribution >= 0.6 is 0 Å². The summed E-state index contributed by atoms with van der Waals surface area (Å²) in [4.78, 5) is 27.3. The van der Waals surface area contributed by atoms with Crippen LogP contribution in [0.1, 0.15) is 37.3 Å². The Labute approximate surface area is 193 Å². The summed E-state index contributed by atoms with van der Waals surface area (Å²) in [6.07, 6.45) is 1.88. The number of halogens is 3. The van der Waals surface area contributed by atoms with Crippen molar-refractivity contribution in [3.8, 4) is 0 Å². The van der Waals surface area contributed by atoms with Gasteiger partial charge in [0.1, 0.15) is 11.5 Å². The summed E-state index contributed by atoms with van der Waals surface area (Å²) in [6, 6.07) is 2.47. The molecule has 3 aromatic rings. The zero-order chi connectivity index (χ0) is 23.9. The molecule has 34 heavy (non-hydrogen) atoms.